The molecule has 0 amide bonds. The molecule has 1 aromatic heterocycles. The molecule has 0 spiro atoms. The van der Waals surface area contributed by atoms with Gasteiger partial charge in [-0.25, -0.2) is 9.97 Å². The lowest BCUT2D eigenvalue weighted by molar-refractivity contribution is 0.0254. The maximum atomic E-state index is 12.9. The average Bonchev–Trinajstić information content (AvgIpc) is 2.94. The van der Waals surface area contributed by atoms with Crippen LogP contribution in [0.2, 0.25) is 0 Å². The second-order valence-electron chi connectivity index (χ2n) is 9.15. The summed E-state index contributed by atoms with van der Waals surface area (Å²) >= 11 is -1.17. The second kappa shape index (κ2) is 11.9. The zero-order valence-electron chi connectivity index (χ0n) is 20.8. The Bertz CT molecular complexity index is 1240. The van der Waals surface area contributed by atoms with Crippen LogP contribution in [0.25, 0.3) is 11.3 Å². The smallest absolute Gasteiger partial charge is 0.227 e. The van der Waals surface area contributed by atoms with Gasteiger partial charge in [-0.2, -0.15) is 5.26 Å². The third-order valence-corrected chi connectivity index (χ3v) is 8.03. The van der Waals surface area contributed by atoms with Gasteiger partial charge >= 0.3 is 0 Å². The number of hydrogen-bond acceptors (Lipinski definition) is 9. The number of rotatable bonds is 7. The van der Waals surface area contributed by atoms with Crippen LogP contribution < -0.4 is 10.1 Å². The number of benzene rings is 2. The van der Waals surface area contributed by atoms with E-state index in [0.717, 1.165) is 55.2 Å². The fourth-order valence-electron chi connectivity index (χ4n) is 4.32. The Morgan fingerprint density at radius 2 is 1.84 bits per heavy atom. The SMILES string of the molecule is CN1CCN([S+]([O-])c2ccc(Nc3nccc(-c4ccc(OC5CCOCC5)c(C#N)c4)n3)cc2)CC1. The quantitative estimate of drug-likeness (QED) is 0.469. The summed E-state index contributed by atoms with van der Waals surface area (Å²) < 4.78 is 26.4. The number of nitrogens with one attached hydrogen (secondary N) is 1. The van der Waals surface area contributed by atoms with Gasteiger partial charge in [0.15, 0.2) is 4.90 Å². The molecule has 2 aliphatic heterocycles. The highest BCUT2D eigenvalue weighted by molar-refractivity contribution is 7.89. The number of nitrogens with zero attached hydrogens (tertiary/aromatic N) is 5. The molecule has 0 aliphatic carbocycles. The van der Waals surface area contributed by atoms with Gasteiger partial charge in [-0.05, 0) is 55.6 Å². The molecule has 3 aromatic rings. The molecular formula is C27H30N6O3S. The van der Waals surface area contributed by atoms with Gasteiger partial charge < -0.3 is 24.2 Å². The second-order valence-corrected chi connectivity index (χ2v) is 10.6. The molecule has 5 rings (SSSR count). The van der Waals surface area contributed by atoms with Crippen molar-refractivity contribution in [2.24, 2.45) is 0 Å². The molecule has 0 radical (unpaired) electrons. The predicted molar refractivity (Wildman–Crippen MR) is 142 cm³/mol. The lowest BCUT2D eigenvalue weighted by atomic mass is 10.1. The summed E-state index contributed by atoms with van der Waals surface area (Å²) in [5, 5.41) is 12.9. The molecular weight excluding hydrogens is 488 g/mol. The number of ether oxygens (including phenoxy) is 2. The van der Waals surface area contributed by atoms with Gasteiger partial charge in [-0.1, -0.05) is 0 Å². The topological polar surface area (TPSA) is 110 Å². The van der Waals surface area contributed by atoms with E-state index in [1.165, 1.54) is 0 Å². The van der Waals surface area contributed by atoms with Crippen molar-refractivity contribution < 1.29 is 14.0 Å². The van der Waals surface area contributed by atoms with E-state index in [-0.39, 0.29) is 6.10 Å². The van der Waals surface area contributed by atoms with Crippen LogP contribution in [-0.4, -0.2) is 76.3 Å². The van der Waals surface area contributed by atoms with E-state index >= 15 is 0 Å². The van der Waals surface area contributed by atoms with Crippen molar-refractivity contribution in [3.05, 3.63) is 60.3 Å². The van der Waals surface area contributed by atoms with Crippen LogP contribution >= 0.6 is 0 Å². The number of anilines is 2. The van der Waals surface area contributed by atoms with E-state index in [4.69, 9.17) is 9.47 Å². The van der Waals surface area contributed by atoms with Gasteiger partial charge in [0, 0.05) is 43.4 Å². The van der Waals surface area contributed by atoms with Crippen molar-refractivity contribution in [2.75, 3.05) is 51.8 Å². The zero-order valence-corrected chi connectivity index (χ0v) is 21.6. The van der Waals surface area contributed by atoms with Gasteiger partial charge in [0.25, 0.3) is 0 Å². The Morgan fingerprint density at radius 1 is 1.08 bits per heavy atom. The van der Waals surface area contributed by atoms with Crippen molar-refractivity contribution in [1.82, 2.24) is 19.2 Å². The number of nitriles is 1. The minimum atomic E-state index is -1.17. The molecule has 1 N–H and O–H groups in total. The van der Waals surface area contributed by atoms with E-state index in [1.807, 2.05) is 46.8 Å². The van der Waals surface area contributed by atoms with E-state index in [9.17, 15) is 9.81 Å². The maximum absolute atomic E-state index is 12.9. The lowest BCUT2D eigenvalue weighted by Crippen LogP contribution is -2.46. The number of likely N-dealkylation sites (N-methyl/N-ethyl adjacent to an activating group) is 1. The Balaban J connectivity index is 1.26. The van der Waals surface area contributed by atoms with E-state index in [2.05, 4.69) is 33.3 Å². The molecule has 2 fully saturated rings. The lowest BCUT2D eigenvalue weighted by Gasteiger charge is -2.31. The van der Waals surface area contributed by atoms with Crippen molar-refractivity contribution in [2.45, 2.75) is 23.8 Å². The molecule has 10 heteroatoms. The van der Waals surface area contributed by atoms with E-state index in [1.54, 1.807) is 12.3 Å². The molecule has 2 saturated heterocycles. The van der Waals surface area contributed by atoms with Gasteiger partial charge in [0.1, 0.15) is 17.9 Å². The summed E-state index contributed by atoms with van der Waals surface area (Å²) in [4.78, 5) is 12.0. The molecule has 37 heavy (non-hydrogen) atoms. The fourth-order valence-corrected chi connectivity index (χ4v) is 5.48. The first kappa shape index (κ1) is 25.4. The monoisotopic (exact) mass is 518 g/mol. The third-order valence-electron chi connectivity index (χ3n) is 6.52. The Morgan fingerprint density at radius 3 is 2.57 bits per heavy atom. The highest BCUT2D eigenvalue weighted by Gasteiger charge is 2.26. The largest absolute Gasteiger partial charge is 0.593 e. The molecule has 9 nitrogen and oxygen atoms in total. The van der Waals surface area contributed by atoms with Crippen LogP contribution in [0.4, 0.5) is 11.6 Å². The van der Waals surface area contributed by atoms with Crippen molar-refractivity contribution in [3.63, 3.8) is 0 Å². The number of hydrogen-bond donors (Lipinski definition) is 1. The van der Waals surface area contributed by atoms with E-state index < -0.39 is 11.4 Å². The molecule has 2 aliphatic rings. The molecule has 2 aromatic carbocycles. The van der Waals surface area contributed by atoms with E-state index in [0.29, 0.717) is 36.2 Å². The molecule has 3 heterocycles. The predicted octanol–water partition coefficient (Wildman–Crippen LogP) is 3.59. The fraction of sp³-hybridized carbons (Fsp3) is 0.370. The van der Waals surface area contributed by atoms with Crippen molar-refractivity contribution in [3.8, 4) is 23.1 Å². The highest BCUT2D eigenvalue weighted by Crippen LogP contribution is 2.28. The summed E-state index contributed by atoms with van der Waals surface area (Å²) in [5.74, 6) is 1.02. The first-order valence-electron chi connectivity index (χ1n) is 12.4. The van der Waals surface area contributed by atoms with Crippen LogP contribution in [0.1, 0.15) is 18.4 Å². The molecule has 0 saturated carbocycles. The summed E-state index contributed by atoms with van der Waals surface area (Å²) in [6.07, 6.45) is 3.38. The number of aromatic nitrogens is 2. The normalized spacial score (nSPS) is 18.2. The Kier molecular flexibility index (Phi) is 8.18. The van der Waals surface area contributed by atoms with Crippen molar-refractivity contribution in [1.29, 1.82) is 5.26 Å². The standard InChI is InChI=1S/C27H30N6O3S/c1-32-12-14-33(15-13-32)37(34)24-5-3-22(4-6-24)30-27-29-11-8-25(31-27)20-2-7-26(21(18-20)19-28)36-23-9-16-35-17-10-23/h2-8,11,18,23H,9-10,12-17H2,1H3,(H,29,30,31). The summed E-state index contributed by atoms with van der Waals surface area (Å²) in [6, 6.07) is 17.1. The first-order valence-corrected chi connectivity index (χ1v) is 13.5. The van der Waals surface area contributed by atoms with Crippen LogP contribution in [0, 0.1) is 11.3 Å². The summed E-state index contributed by atoms with van der Waals surface area (Å²) in [6.45, 7) is 4.78. The Labute approximate surface area is 220 Å². The summed E-state index contributed by atoms with van der Waals surface area (Å²) in [5.41, 5.74) is 2.77. The third kappa shape index (κ3) is 6.39. The zero-order chi connectivity index (χ0) is 25.6. The van der Waals surface area contributed by atoms with Crippen LogP contribution in [0.3, 0.4) is 0 Å². The van der Waals surface area contributed by atoms with Crippen molar-refractivity contribution >= 4 is 23.0 Å². The van der Waals surface area contributed by atoms with Gasteiger partial charge in [0.05, 0.1) is 48.9 Å². The van der Waals surface area contributed by atoms with Gasteiger partial charge in [-0.15, -0.1) is 4.31 Å². The van der Waals surface area contributed by atoms with Gasteiger partial charge in [-0.3, -0.25) is 0 Å². The first-order chi connectivity index (χ1) is 18.1. The maximum Gasteiger partial charge on any atom is 0.227 e. The van der Waals surface area contributed by atoms with Gasteiger partial charge in [0.2, 0.25) is 5.95 Å². The van der Waals surface area contributed by atoms with Crippen LogP contribution in [0.5, 0.6) is 5.75 Å². The van der Waals surface area contributed by atoms with Crippen LogP contribution in [-0.2, 0) is 16.1 Å². The molecule has 1 atom stereocenters. The highest BCUT2D eigenvalue weighted by atomic mass is 32.2. The molecule has 192 valence electrons. The molecule has 0 bridgehead atoms. The minimum Gasteiger partial charge on any atom is -0.593 e. The minimum absolute atomic E-state index is 0.0620. The van der Waals surface area contributed by atoms with Crippen LogP contribution in [0.15, 0.2) is 59.6 Å². The number of piperazine rings is 1. The average molecular weight is 519 g/mol. The Hall–Kier alpha value is -3.20. The molecule has 1 unspecified atom stereocenters. The summed E-state index contributed by atoms with van der Waals surface area (Å²) in [7, 11) is 2.08.